The van der Waals surface area contributed by atoms with Crippen LogP contribution in [-0.4, -0.2) is 21.2 Å². The lowest BCUT2D eigenvalue weighted by atomic mass is 9.91. The fourth-order valence-corrected chi connectivity index (χ4v) is 2.30. The normalized spacial score (nSPS) is 12.4. The molecule has 1 aromatic rings. The Kier molecular flexibility index (Phi) is 4.79. The van der Waals surface area contributed by atoms with Crippen molar-refractivity contribution in [3.63, 3.8) is 0 Å². The number of hydrogen-bond acceptors (Lipinski definition) is 3. The average Bonchev–Trinajstić information content (AvgIpc) is 2.22. The molecule has 0 spiro atoms. The van der Waals surface area contributed by atoms with E-state index in [9.17, 15) is 8.42 Å². The van der Waals surface area contributed by atoms with E-state index in [1.807, 2.05) is 12.1 Å². The molecule has 0 fully saturated rings. The molecule has 0 saturated heterocycles. The number of nitrogens with one attached hydrogen (secondary N) is 1. The first kappa shape index (κ1) is 15.0. The van der Waals surface area contributed by atoms with Crippen molar-refractivity contribution in [1.29, 1.82) is 0 Å². The Morgan fingerprint density at radius 3 is 2.11 bits per heavy atom. The maximum atomic E-state index is 11.3. The van der Waals surface area contributed by atoms with Crippen molar-refractivity contribution in [2.24, 2.45) is 5.41 Å². The van der Waals surface area contributed by atoms with Crippen LogP contribution in [0.3, 0.4) is 0 Å². The summed E-state index contributed by atoms with van der Waals surface area (Å²) >= 11 is 0. The zero-order valence-corrected chi connectivity index (χ0v) is 12.5. The molecule has 1 aromatic carbocycles. The van der Waals surface area contributed by atoms with Gasteiger partial charge in [0.15, 0.2) is 9.84 Å². The summed E-state index contributed by atoms with van der Waals surface area (Å²) in [5.74, 6) is 0. The number of rotatable bonds is 5. The number of benzene rings is 1. The van der Waals surface area contributed by atoms with Gasteiger partial charge in [-0.1, -0.05) is 20.8 Å². The van der Waals surface area contributed by atoms with Crippen LogP contribution in [0, 0.1) is 5.41 Å². The van der Waals surface area contributed by atoms with Gasteiger partial charge in [-0.2, -0.15) is 0 Å². The second-order valence-corrected chi connectivity index (χ2v) is 7.90. The Morgan fingerprint density at radius 1 is 1.11 bits per heavy atom. The van der Waals surface area contributed by atoms with Crippen molar-refractivity contribution >= 4 is 15.5 Å². The Bertz CT molecular complexity index is 470. The molecule has 0 atom stereocenters. The van der Waals surface area contributed by atoms with E-state index in [0.717, 1.165) is 18.7 Å². The smallest absolute Gasteiger partial charge is 0.175 e. The standard InChI is InChI=1S/C14H23NO2S/c1-14(2,3)10-5-11-15-12-6-8-13(9-7-12)18(4,16)17/h6-9,15H,5,10-11H2,1-4H3. The molecule has 3 nitrogen and oxygen atoms in total. The first-order valence-electron chi connectivity index (χ1n) is 6.22. The summed E-state index contributed by atoms with van der Waals surface area (Å²) in [7, 11) is -3.09. The van der Waals surface area contributed by atoms with Gasteiger partial charge in [0, 0.05) is 18.5 Å². The molecule has 1 rings (SSSR count). The molecule has 0 aromatic heterocycles. The zero-order chi connectivity index (χ0) is 13.8. The Morgan fingerprint density at radius 2 is 1.67 bits per heavy atom. The summed E-state index contributed by atoms with van der Waals surface area (Å²) in [6.45, 7) is 7.60. The summed E-state index contributed by atoms with van der Waals surface area (Å²) in [5, 5.41) is 3.30. The van der Waals surface area contributed by atoms with E-state index in [2.05, 4.69) is 26.1 Å². The largest absolute Gasteiger partial charge is 0.385 e. The van der Waals surface area contributed by atoms with Crippen LogP contribution >= 0.6 is 0 Å². The first-order valence-corrected chi connectivity index (χ1v) is 8.12. The highest BCUT2D eigenvalue weighted by Gasteiger charge is 2.09. The van der Waals surface area contributed by atoms with Crippen molar-refractivity contribution in [3.8, 4) is 0 Å². The van der Waals surface area contributed by atoms with Gasteiger partial charge in [0.25, 0.3) is 0 Å². The second-order valence-electron chi connectivity index (χ2n) is 5.89. The van der Waals surface area contributed by atoms with Gasteiger partial charge in [-0.15, -0.1) is 0 Å². The molecule has 4 heteroatoms. The summed E-state index contributed by atoms with van der Waals surface area (Å²) in [6.07, 6.45) is 3.50. The van der Waals surface area contributed by atoms with E-state index >= 15 is 0 Å². The van der Waals surface area contributed by atoms with Gasteiger partial charge in [0.2, 0.25) is 0 Å². The Hall–Kier alpha value is -1.03. The third-order valence-corrected chi connectivity index (χ3v) is 3.84. The van der Waals surface area contributed by atoms with Crippen LogP contribution in [0.15, 0.2) is 29.2 Å². The molecule has 0 aliphatic heterocycles. The minimum Gasteiger partial charge on any atom is -0.385 e. The predicted octanol–water partition coefficient (Wildman–Crippen LogP) is 3.33. The van der Waals surface area contributed by atoms with Crippen LogP contribution in [-0.2, 0) is 9.84 Å². The van der Waals surface area contributed by atoms with Crippen molar-refractivity contribution in [2.45, 2.75) is 38.5 Å². The SMILES string of the molecule is CC(C)(C)CCCNc1ccc(S(C)(=O)=O)cc1. The molecular weight excluding hydrogens is 246 g/mol. The van der Waals surface area contributed by atoms with Gasteiger partial charge < -0.3 is 5.32 Å². The highest BCUT2D eigenvalue weighted by atomic mass is 32.2. The Labute approximate surface area is 111 Å². The summed E-state index contributed by atoms with van der Waals surface area (Å²) < 4.78 is 22.6. The van der Waals surface area contributed by atoms with E-state index < -0.39 is 9.84 Å². The maximum Gasteiger partial charge on any atom is 0.175 e. The van der Waals surface area contributed by atoms with Crippen molar-refractivity contribution in [1.82, 2.24) is 0 Å². The second kappa shape index (κ2) is 5.74. The molecule has 0 aliphatic rings. The minimum absolute atomic E-state index is 0.363. The highest BCUT2D eigenvalue weighted by Crippen LogP contribution is 2.20. The van der Waals surface area contributed by atoms with Crippen LogP contribution in [0.25, 0.3) is 0 Å². The van der Waals surface area contributed by atoms with E-state index in [0.29, 0.717) is 10.3 Å². The minimum atomic E-state index is -3.09. The molecule has 0 aliphatic carbocycles. The molecule has 102 valence electrons. The quantitative estimate of drug-likeness (QED) is 0.834. The molecule has 0 bridgehead atoms. The maximum absolute atomic E-state index is 11.3. The van der Waals surface area contributed by atoms with E-state index in [-0.39, 0.29) is 0 Å². The topological polar surface area (TPSA) is 46.2 Å². The number of anilines is 1. The van der Waals surface area contributed by atoms with Crippen LogP contribution in [0.1, 0.15) is 33.6 Å². The van der Waals surface area contributed by atoms with Gasteiger partial charge in [-0.05, 0) is 42.5 Å². The van der Waals surface area contributed by atoms with Gasteiger partial charge in [-0.25, -0.2) is 8.42 Å². The fraction of sp³-hybridized carbons (Fsp3) is 0.571. The highest BCUT2D eigenvalue weighted by molar-refractivity contribution is 7.90. The van der Waals surface area contributed by atoms with Crippen molar-refractivity contribution in [3.05, 3.63) is 24.3 Å². The molecule has 0 heterocycles. The third kappa shape index (κ3) is 5.54. The summed E-state index contributed by atoms with van der Waals surface area (Å²) in [6, 6.07) is 6.91. The van der Waals surface area contributed by atoms with E-state index in [4.69, 9.17) is 0 Å². The lowest BCUT2D eigenvalue weighted by molar-refractivity contribution is 0.370. The predicted molar refractivity (Wildman–Crippen MR) is 76.7 cm³/mol. The van der Waals surface area contributed by atoms with E-state index in [1.165, 1.54) is 12.7 Å². The summed E-state index contributed by atoms with van der Waals surface area (Å²) in [4.78, 5) is 0.364. The monoisotopic (exact) mass is 269 g/mol. The van der Waals surface area contributed by atoms with Crippen LogP contribution in [0.5, 0.6) is 0 Å². The van der Waals surface area contributed by atoms with Gasteiger partial charge in [-0.3, -0.25) is 0 Å². The number of hydrogen-bond donors (Lipinski definition) is 1. The molecule has 18 heavy (non-hydrogen) atoms. The zero-order valence-electron chi connectivity index (χ0n) is 11.7. The first-order chi connectivity index (χ1) is 8.18. The molecule has 1 N–H and O–H groups in total. The van der Waals surface area contributed by atoms with Crippen LogP contribution in [0.2, 0.25) is 0 Å². The molecule has 0 amide bonds. The van der Waals surface area contributed by atoms with E-state index in [1.54, 1.807) is 12.1 Å². The van der Waals surface area contributed by atoms with Gasteiger partial charge in [0.1, 0.15) is 0 Å². The third-order valence-electron chi connectivity index (χ3n) is 2.72. The lowest BCUT2D eigenvalue weighted by Crippen LogP contribution is -2.09. The van der Waals surface area contributed by atoms with Crippen LogP contribution in [0.4, 0.5) is 5.69 Å². The lowest BCUT2D eigenvalue weighted by Gasteiger charge is -2.18. The number of sulfone groups is 1. The Balaban J connectivity index is 2.45. The molecule has 0 radical (unpaired) electrons. The molecule has 0 unspecified atom stereocenters. The molecule has 0 saturated carbocycles. The van der Waals surface area contributed by atoms with Crippen molar-refractivity contribution < 1.29 is 8.42 Å². The summed E-state index contributed by atoms with van der Waals surface area (Å²) in [5.41, 5.74) is 1.33. The van der Waals surface area contributed by atoms with Gasteiger partial charge >= 0.3 is 0 Å². The fourth-order valence-electron chi connectivity index (χ4n) is 1.67. The van der Waals surface area contributed by atoms with Gasteiger partial charge in [0.05, 0.1) is 4.90 Å². The van der Waals surface area contributed by atoms with Crippen LogP contribution < -0.4 is 5.32 Å². The molecular formula is C14H23NO2S. The van der Waals surface area contributed by atoms with Crippen molar-refractivity contribution in [2.75, 3.05) is 18.1 Å². The average molecular weight is 269 g/mol.